The second-order valence-electron chi connectivity index (χ2n) is 6.28. The fourth-order valence-corrected chi connectivity index (χ4v) is 3.01. The molecule has 0 radical (unpaired) electrons. The molecule has 0 unspecified atom stereocenters. The Bertz CT molecular complexity index is 1030. The van der Waals surface area contributed by atoms with Crippen LogP contribution in [0.1, 0.15) is 40.7 Å². The lowest BCUT2D eigenvalue weighted by Crippen LogP contribution is -2.15. The van der Waals surface area contributed by atoms with Gasteiger partial charge >= 0.3 is 5.97 Å². The number of carbonyl (C=O) groups is 2. The van der Waals surface area contributed by atoms with Gasteiger partial charge in [0.25, 0.3) is 5.91 Å². The number of esters is 1. The first-order chi connectivity index (χ1) is 14.0. The Morgan fingerprint density at radius 2 is 1.86 bits per heavy atom. The molecule has 0 saturated heterocycles. The van der Waals surface area contributed by atoms with E-state index in [1.807, 2.05) is 6.92 Å². The summed E-state index contributed by atoms with van der Waals surface area (Å²) < 4.78 is 10.9. The Labute approximate surface area is 178 Å². The van der Waals surface area contributed by atoms with Gasteiger partial charge in [-0.2, -0.15) is 0 Å². The molecule has 0 saturated carbocycles. The van der Waals surface area contributed by atoms with E-state index in [1.165, 1.54) is 6.07 Å². The molecule has 5 nitrogen and oxygen atoms in total. The van der Waals surface area contributed by atoms with Gasteiger partial charge in [0.1, 0.15) is 5.76 Å². The van der Waals surface area contributed by atoms with Crippen LogP contribution in [0.4, 0.5) is 5.69 Å². The van der Waals surface area contributed by atoms with Crippen LogP contribution in [0.2, 0.25) is 10.0 Å². The van der Waals surface area contributed by atoms with Crippen LogP contribution >= 0.6 is 23.2 Å². The molecule has 1 amide bonds. The van der Waals surface area contributed by atoms with E-state index in [-0.39, 0.29) is 11.3 Å². The predicted octanol–water partition coefficient (Wildman–Crippen LogP) is 6.46. The number of anilines is 1. The summed E-state index contributed by atoms with van der Waals surface area (Å²) in [4.78, 5) is 24.9. The number of furan rings is 1. The summed E-state index contributed by atoms with van der Waals surface area (Å²) in [7, 11) is 0. The number of para-hydroxylation sites is 1. The number of hydrogen-bond donors (Lipinski definition) is 1. The number of halogens is 2. The van der Waals surface area contributed by atoms with Crippen LogP contribution in [0.25, 0.3) is 11.3 Å². The van der Waals surface area contributed by atoms with Crippen molar-refractivity contribution in [3.8, 4) is 11.3 Å². The molecule has 0 spiro atoms. The number of ether oxygens (including phenoxy) is 1. The topological polar surface area (TPSA) is 68.5 Å². The van der Waals surface area contributed by atoms with Crippen molar-refractivity contribution in [3.05, 3.63) is 76.0 Å². The lowest BCUT2D eigenvalue weighted by molar-refractivity contribution is 0.0501. The maximum atomic E-state index is 12.6. The van der Waals surface area contributed by atoms with Crippen LogP contribution in [0, 0.1) is 0 Å². The van der Waals surface area contributed by atoms with Crippen LogP contribution in [0.5, 0.6) is 0 Å². The Balaban J connectivity index is 1.77. The number of hydrogen-bond acceptors (Lipinski definition) is 4. The summed E-state index contributed by atoms with van der Waals surface area (Å²) in [6, 6.07) is 14.8. The predicted molar refractivity (Wildman–Crippen MR) is 114 cm³/mol. The van der Waals surface area contributed by atoms with Gasteiger partial charge < -0.3 is 14.5 Å². The summed E-state index contributed by atoms with van der Waals surface area (Å²) in [5, 5.41) is 3.65. The molecule has 3 aromatic rings. The van der Waals surface area contributed by atoms with Crippen molar-refractivity contribution in [2.75, 3.05) is 11.9 Å². The summed E-state index contributed by atoms with van der Waals surface area (Å²) in [5.41, 5.74) is 1.21. The second kappa shape index (κ2) is 9.63. The Morgan fingerprint density at radius 1 is 1.07 bits per heavy atom. The van der Waals surface area contributed by atoms with E-state index in [4.69, 9.17) is 32.4 Å². The standard InChI is InChI=1S/C22H19Cl2NO4/c1-2-3-12-28-22(27)15-6-4-5-7-18(15)25-21(26)20-11-10-19(29-20)16-13-14(23)8-9-17(16)24/h4-11,13H,2-3,12H2,1H3,(H,25,26). The van der Waals surface area contributed by atoms with E-state index in [0.29, 0.717) is 33.7 Å². The molecule has 1 aromatic heterocycles. The maximum Gasteiger partial charge on any atom is 0.340 e. The molecule has 0 aliphatic carbocycles. The third-order valence-corrected chi connectivity index (χ3v) is 4.71. The zero-order valence-electron chi connectivity index (χ0n) is 15.7. The largest absolute Gasteiger partial charge is 0.462 e. The Kier molecular flexibility index (Phi) is 6.96. The van der Waals surface area contributed by atoms with Crippen molar-refractivity contribution in [2.45, 2.75) is 19.8 Å². The molecular weight excluding hydrogens is 413 g/mol. The molecular formula is C22H19Cl2NO4. The molecule has 0 aliphatic rings. The van der Waals surface area contributed by atoms with Crippen molar-refractivity contribution in [1.82, 2.24) is 0 Å². The molecule has 0 bridgehead atoms. The third kappa shape index (κ3) is 5.19. The van der Waals surface area contributed by atoms with Gasteiger partial charge in [0.15, 0.2) is 5.76 Å². The Hall–Kier alpha value is -2.76. The SMILES string of the molecule is CCCCOC(=O)c1ccccc1NC(=O)c1ccc(-c2cc(Cl)ccc2Cl)o1. The van der Waals surface area contributed by atoms with E-state index in [2.05, 4.69) is 5.32 Å². The van der Waals surface area contributed by atoms with Gasteiger partial charge in [0.05, 0.1) is 22.9 Å². The van der Waals surface area contributed by atoms with Crippen LogP contribution in [-0.2, 0) is 4.74 Å². The molecule has 3 rings (SSSR count). The first kappa shape index (κ1) is 21.0. The highest BCUT2D eigenvalue weighted by Gasteiger charge is 2.18. The van der Waals surface area contributed by atoms with Crippen molar-refractivity contribution in [1.29, 1.82) is 0 Å². The summed E-state index contributed by atoms with van der Waals surface area (Å²) in [6.07, 6.45) is 1.70. The fraction of sp³-hybridized carbons (Fsp3) is 0.182. The van der Waals surface area contributed by atoms with Gasteiger partial charge in [-0.3, -0.25) is 4.79 Å². The van der Waals surface area contributed by atoms with E-state index in [9.17, 15) is 9.59 Å². The molecule has 0 aliphatic heterocycles. The van der Waals surface area contributed by atoms with Crippen LogP contribution in [0.15, 0.2) is 59.0 Å². The number of carbonyl (C=O) groups excluding carboxylic acids is 2. The number of nitrogens with one attached hydrogen (secondary N) is 1. The molecule has 150 valence electrons. The number of amides is 1. The molecule has 1 N–H and O–H groups in total. The van der Waals surface area contributed by atoms with Gasteiger partial charge in [0, 0.05) is 10.6 Å². The summed E-state index contributed by atoms with van der Waals surface area (Å²) in [5.74, 6) is -0.497. The number of rotatable bonds is 7. The summed E-state index contributed by atoms with van der Waals surface area (Å²) in [6.45, 7) is 2.34. The van der Waals surface area contributed by atoms with Crippen LogP contribution in [-0.4, -0.2) is 18.5 Å². The van der Waals surface area contributed by atoms with Crippen molar-refractivity contribution < 1.29 is 18.7 Å². The van der Waals surface area contributed by atoms with E-state index >= 15 is 0 Å². The smallest absolute Gasteiger partial charge is 0.340 e. The first-order valence-corrected chi connectivity index (χ1v) is 9.88. The van der Waals surface area contributed by atoms with Gasteiger partial charge in [0.2, 0.25) is 0 Å². The number of benzene rings is 2. The van der Waals surface area contributed by atoms with E-state index < -0.39 is 11.9 Å². The third-order valence-electron chi connectivity index (χ3n) is 4.15. The molecule has 7 heteroatoms. The molecule has 29 heavy (non-hydrogen) atoms. The van der Waals surface area contributed by atoms with E-state index in [0.717, 1.165) is 12.8 Å². The average molecular weight is 432 g/mol. The van der Waals surface area contributed by atoms with Gasteiger partial charge in [-0.15, -0.1) is 0 Å². The number of unbranched alkanes of at least 4 members (excludes halogenated alkanes) is 1. The lowest BCUT2D eigenvalue weighted by atomic mass is 10.1. The van der Waals surface area contributed by atoms with Crippen molar-refractivity contribution in [3.63, 3.8) is 0 Å². The molecule has 0 fully saturated rings. The zero-order chi connectivity index (χ0) is 20.8. The zero-order valence-corrected chi connectivity index (χ0v) is 17.2. The van der Waals surface area contributed by atoms with E-state index in [1.54, 1.807) is 48.5 Å². The normalized spacial score (nSPS) is 10.6. The highest BCUT2D eigenvalue weighted by atomic mass is 35.5. The fourth-order valence-electron chi connectivity index (χ4n) is 2.63. The minimum atomic E-state index is -0.497. The van der Waals surface area contributed by atoms with Crippen molar-refractivity contribution >= 4 is 40.8 Å². The van der Waals surface area contributed by atoms with Crippen molar-refractivity contribution in [2.24, 2.45) is 0 Å². The monoisotopic (exact) mass is 431 g/mol. The maximum absolute atomic E-state index is 12.6. The molecule has 0 atom stereocenters. The molecule has 2 aromatic carbocycles. The minimum absolute atomic E-state index is 0.0743. The summed E-state index contributed by atoms with van der Waals surface area (Å²) >= 11 is 12.2. The Morgan fingerprint density at radius 3 is 2.66 bits per heavy atom. The first-order valence-electron chi connectivity index (χ1n) is 9.12. The lowest BCUT2D eigenvalue weighted by Gasteiger charge is -2.10. The highest BCUT2D eigenvalue weighted by Crippen LogP contribution is 2.32. The van der Waals surface area contributed by atoms with Gasteiger partial charge in [-0.25, -0.2) is 4.79 Å². The van der Waals surface area contributed by atoms with Crippen LogP contribution < -0.4 is 5.32 Å². The van der Waals surface area contributed by atoms with Crippen LogP contribution in [0.3, 0.4) is 0 Å². The minimum Gasteiger partial charge on any atom is -0.462 e. The second-order valence-corrected chi connectivity index (χ2v) is 7.12. The molecule has 1 heterocycles. The van der Waals surface area contributed by atoms with Gasteiger partial charge in [-0.05, 0) is 48.9 Å². The highest BCUT2D eigenvalue weighted by molar-refractivity contribution is 6.35. The average Bonchev–Trinajstić information content (AvgIpc) is 3.20. The quantitative estimate of drug-likeness (QED) is 0.344. The van der Waals surface area contributed by atoms with Gasteiger partial charge in [-0.1, -0.05) is 48.7 Å².